The van der Waals surface area contributed by atoms with Gasteiger partial charge >= 0.3 is 0 Å². The zero-order valence-electron chi connectivity index (χ0n) is 20.2. The van der Waals surface area contributed by atoms with Crippen molar-refractivity contribution in [2.75, 3.05) is 6.61 Å². The number of fused-ring (bicyclic) bond motifs is 2. The van der Waals surface area contributed by atoms with Gasteiger partial charge in [0.1, 0.15) is 5.75 Å². The highest BCUT2D eigenvalue weighted by Crippen LogP contribution is 2.38. The van der Waals surface area contributed by atoms with E-state index in [2.05, 4.69) is 26.1 Å². The number of carbonyl (C=O) groups excluding carboxylic acids is 1. The standard InChI is InChI=1S/C28H27Cl2N3O2/c1-16(2)26-21(27(34)31-28(4)11-12-35-24-8-6-5-7-22(24)28)9-10-23-25(17(3)32-33(23)26)18-13-19(29)15-20(30)14-18/h5-10,13-16H,11-12H2,1-4H3,(H,31,34)/t28-/m1/s1. The van der Waals surface area contributed by atoms with Crippen LogP contribution in [0, 0.1) is 6.92 Å². The van der Waals surface area contributed by atoms with Crippen molar-refractivity contribution in [1.29, 1.82) is 0 Å². The molecule has 0 spiro atoms. The first-order valence-corrected chi connectivity index (χ1v) is 12.5. The summed E-state index contributed by atoms with van der Waals surface area (Å²) in [5.41, 5.74) is 5.51. The van der Waals surface area contributed by atoms with Crippen molar-refractivity contribution in [3.05, 3.63) is 87.2 Å². The highest BCUT2D eigenvalue weighted by Gasteiger charge is 2.35. The Hall–Kier alpha value is -3.02. The molecule has 1 N–H and O–H groups in total. The summed E-state index contributed by atoms with van der Waals surface area (Å²) in [4.78, 5) is 13.7. The maximum absolute atomic E-state index is 13.7. The molecule has 1 aliphatic rings. The van der Waals surface area contributed by atoms with Crippen molar-refractivity contribution in [2.45, 2.75) is 45.6 Å². The third kappa shape index (κ3) is 4.17. The highest BCUT2D eigenvalue weighted by molar-refractivity contribution is 6.35. The number of nitrogens with one attached hydrogen (secondary N) is 1. The summed E-state index contributed by atoms with van der Waals surface area (Å²) in [6, 6.07) is 17.2. The number of hydrogen-bond donors (Lipinski definition) is 1. The van der Waals surface area contributed by atoms with E-state index < -0.39 is 5.54 Å². The van der Waals surface area contributed by atoms with Crippen LogP contribution < -0.4 is 10.1 Å². The number of amides is 1. The van der Waals surface area contributed by atoms with Gasteiger partial charge in [-0.2, -0.15) is 5.10 Å². The summed E-state index contributed by atoms with van der Waals surface area (Å²) < 4.78 is 7.70. The second-order valence-electron chi connectivity index (χ2n) is 9.58. The van der Waals surface area contributed by atoms with Gasteiger partial charge in [-0.25, -0.2) is 4.52 Å². The van der Waals surface area contributed by atoms with E-state index in [-0.39, 0.29) is 11.8 Å². The summed E-state index contributed by atoms with van der Waals surface area (Å²) in [5, 5.41) is 9.28. The molecule has 2 aromatic heterocycles. The van der Waals surface area contributed by atoms with Crippen molar-refractivity contribution < 1.29 is 9.53 Å². The molecule has 180 valence electrons. The smallest absolute Gasteiger partial charge is 0.253 e. The molecule has 4 aromatic rings. The monoisotopic (exact) mass is 507 g/mol. The summed E-state index contributed by atoms with van der Waals surface area (Å²) in [5.74, 6) is 0.744. The van der Waals surface area contributed by atoms with E-state index in [1.54, 1.807) is 6.07 Å². The number of nitrogens with zero attached hydrogens (tertiary/aromatic N) is 2. The van der Waals surface area contributed by atoms with Crippen LogP contribution in [0.3, 0.4) is 0 Å². The Bertz CT molecular complexity index is 1440. The minimum atomic E-state index is -0.530. The molecule has 0 fully saturated rings. The maximum Gasteiger partial charge on any atom is 0.253 e. The Labute approximate surface area is 215 Å². The molecule has 2 aromatic carbocycles. The van der Waals surface area contributed by atoms with E-state index in [9.17, 15) is 4.79 Å². The number of hydrogen-bond acceptors (Lipinski definition) is 3. The number of pyridine rings is 1. The van der Waals surface area contributed by atoms with Gasteiger partial charge < -0.3 is 10.1 Å². The lowest BCUT2D eigenvalue weighted by molar-refractivity contribution is 0.0871. The van der Waals surface area contributed by atoms with Gasteiger partial charge in [0.25, 0.3) is 5.91 Å². The van der Waals surface area contributed by atoms with Crippen LogP contribution in [0.2, 0.25) is 10.0 Å². The number of para-hydroxylation sites is 1. The fraction of sp³-hybridized carbons (Fsp3) is 0.286. The summed E-state index contributed by atoms with van der Waals surface area (Å²) in [6.07, 6.45) is 0.690. The number of aryl methyl sites for hydroxylation is 1. The first kappa shape index (κ1) is 23.7. The molecule has 35 heavy (non-hydrogen) atoms. The van der Waals surface area contributed by atoms with Gasteiger partial charge in [0.15, 0.2) is 0 Å². The Morgan fingerprint density at radius 2 is 1.83 bits per heavy atom. The van der Waals surface area contributed by atoms with Crippen LogP contribution >= 0.6 is 23.2 Å². The van der Waals surface area contributed by atoms with Crippen LogP contribution in [0.5, 0.6) is 5.75 Å². The zero-order chi connectivity index (χ0) is 24.9. The predicted octanol–water partition coefficient (Wildman–Crippen LogP) is 7.17. The Morgan fingerprint density at radius 3 is 2.54 bits per heavy atom. The van der Waals surface area contributed by atoms with Crippen LogP contribution in [0.15, 0.2) is 54.6 Å². The van der Waals surface area contributed by atoms with Crippen molar-refractivity contribution in [3.63, 3.8) is 0 Å². The van der Waals surface area contributed by atoms with Crippen molar-refractivity contribution in [1.82, 2.24) is 14.9 Å². The second-order valence-corrected chi connectivity index (χ2v) is 10.5. The quantitative estimate of drug-likeness (QED) is 0.318. The molecule has 0 aliphatic carbocycles. The first-order valence-electron chi connectivity index (χ1n) is 11.7. The minimum absolute atomic E-state index is 0.0596. The molecule has 7 heteroatoms. The fourth-order valence-corrected chi connectivity index (χ4v) is 5.57. The van der Waals surface area contributed by atoms with E-state index in [1.807, 2.05) is 60.0 Å². The third-order valence-electron chi connectivity index (χ3n) is 6.68. The lowest BCUT2D eigenvalue weighted by atomic mass is 9.86. The van der Waals surface area contributed by atoms with Gasteiger partial charge in [0.2, 0.25) is 0 Å². The van der Waals surface area contributed by atoms with Crippen LogP contribution in [0.1, 0.15) is 60.4 Å². The average Bonchev–Trinajstić information content (AvgIpc) is 3.13. The van der Waals surface area contributed by atoms with Gasteiger partial charge in [-0.15, -0.1) is 0 Å². The van der Waals surface area contributed by atoms with Gasteiger partial charge in [-0.3, -0.25) is 4.79 Å². The molecule has 1 aliphatic heterocycles. The third-order valence-corrected chi connectivity index (χ3v) is 7.12. The zero-order valence-corrected chi connectivity index (χ0v) is 21.7. The first-order chi connectivity index (χ1) is 16.7. The number of benzene rings is 2. The largest absolute Gasteiger partial charge is 0.493 e. The number of ether oxygens (including phenoxy) is 1. The highest BCUT2D eigenvalue weighted by atomic mass is 35.5. The molecule has 5 nitrogen and oxygen atoms in total. The van der Waals surface area contributed by atoms with Crippen LogP contribution in [-0.2, 0) is 5.54 Å². The molecule has 0 radical (unpaired) electrons. The molecular weight excluding hydrogens is 481 g/mol. The molecule has 0 saturated heterocycles. The van der Waals surface area contributed by atoms with E-state index in [4.69, 9.17) is 33.0 Å². The molecule has 1 amide bonds. The Kier molecular flexibility index (Phi) is 6.02. The van der Waals surface area contributed by atoms with Gasteiger partial charge in [0.05, 0.1) is 34.6 Å². The number of rotatable bonds is 4. The lowest BCUT2D eigenvalue weighted by Crippen LogP contribution is -2.47. The van der Waals surface area contributed by atoms with Crippen molar-refractivity contribution in [2.24, 2.45) is 0 Å². The van der Waals surface area contributed by atoms with E-state index in [0.717, 1.165) is 39.3 Å². The average molecular weight is 508 g/mol. The fourth-order valence-electron chi connectivity index (χ4n) is 5.04. The molecule has 1 atom stereocenters. The van der Waals surface area contributed by atoms with E-state index in [1.165, 1.54) is 0 Å². The van der Waals surface area contributed by atoms with Crippen molar-refractivity contribution >= 4 is 34.6 Å². The molecule has 0 unspecified atom stereocenters. The van der Waals surface area contributed by atoms with Gasteiger partial charge in [-0.05, 0) is 61.7 Å². The molecule has 5 rings (SSSR count). The normalized spacial score (nSPS) is 17.3. The van der Waals surface area contributed by atoms with Gasteiger partial charge in [-0.1, -0.05) is 55.2 Å². The van der Waals surface area contributed by atoms with E-state index in [0.29, 0.717) is 28.6 Å². The molecule has 0 bridgehead atoms. The molecule has 3 heterocycles. The Morgan fingerprint density at radius 1 is 1.11 bits per heavy atom. The molecule has 0 saturated carbocycles. The lowest BCUT2D eigenvalue weighted by Gasteiger charge is -2.36. The van der Waals surface area contributed by atoms with E-state index >= 15 is 0 Å². The summed E-state index contributed by atoms with van der Waals surface area (Å²) >= 11 is 12.6. The Balaban J connectivity index is 1.60. The van der Waals surface area contributed by atoms with Crippen LogP contribution in [0.25, 0.3) is 16.6 Å². The topological polar surface area (TPSA) is 55.6 Å². The second kappa shape index (κ2) is 8.89. The molecular formula is C28H27Cl2N3O2. The minimum Gasteiger partial charge on any atom is -0.493 e. The van der Waals surface area contributed by atoms with Crippen molar-refractivity contribution in [3.8, 4) is 16.9 Å². The maximum atomic E-state index is 13.7. The van der Waals surface area contributed by atoms with Crippen LogP contribution in [-0.4, -0.2) is 22.1 Å². The predicted molar refractivity (Wildman–Crippen MR) is 141 cm³/mol. The number of halogens is 2. The summed E-state index contributed by atoms with van der Waals surface area (Å²) in [7, 11) is 0. The van der Waals surface area contributed by atoms with Crippen LogP contribution in [0.4, 0.5) is 0 Å². The number of carbonyl (C=O) groups is 1. The SMILES string of the molecule is Cc1nn2c(C(C)C)c(C(=O)N[C@]3(C)CCOc4ccccc43)ccc2c1-c1cc(Cl)cc(Cl)c1. The summed E-state index contributed by atoms with van der Waals surface area (Å²) in [6.45, 7) is 8.71. The van der Waals surface area contributed by atoms with Gasteiger partial charge in [0, 0.05) is 27.6 Å². The number of aromatic nitrogens is 2.